The molecule has 4 nitrogen and oxygen atoms in total. The molecule has 1 saturated heterocycles. The molecule has 4 unspecified atom stereocenters. The Kier molecular flexibility index (Phi) is 5.59. The summed E-state index contributed by atoms with van der Waals surface area (Å²) in [5.41, 5.74) is 6.46. The highest BCUT2D eigenvalue weighted by Crippen LogP contribution is 2.30. The standard InChI is InChI=1S/C14H30N2O2/c1-6-12(15)13(14(3,4)5)16-7-11(8-17)18-9-10(16)2/h10-13,17H,6-9,15H2,1-5H3. The van der Waals surface area contributed by atoms with E-state index in [0.717, 1.165) is 13.0 Å². The summed E-state index contributed by atoms with van der Waals surface area (Å²) in [5, 5.41) is 9.29. The maximum absolute atomic E-state index is 9.29. The molecule has 4 heteroatoms. The van der Waals surface area contributed by atoms with Crippen LogP contribution < -0.4 is 5.73 Å². The van der Waals surface area contributed by atoms with E-state index in [0.29, 0.717) is 18.7 Å². The van der Waals surface area contributed by atoms with Gasteiger partial charge in [-0.2, -0.15) is 0 Å². The average molecular weight is 258 g/mol. The molecular weight excluding hydrogens is 228 g/mol. The SMILES string of the molecule is CCC(N)C(N1CC(CO)OCC1C)C(C)(C)C. The third kappa shape index (κ3) is 3.67. The fourth-order valence-corrected chi connectivity index (χ4v) is 2.95. The molecule has 1 fully saturated rings. The zero-order valence-corrected chi connectivity index (χ0v) is 12.5. The molecular formula is C14H30N2O2. The van der Waals surface area contributed by atoms with E-state index in [9.17, 15) is 5.11 Å². The van der Waals surface area contributed by atoms with Crippen LogP contribution in [0.5, 0.6) is 0 Å². The maximum Gasteiger partial charge on any atom is 0.0933 e. The summed E-state index contributed by atoms with van der Waals surface area (Å²) >= 11 is 0. The first-order valence-electron chi connectivity index (χ1n) is 7.05. The van der Waals surface area contributed by atoms with Crippen molar-refractivity contribution in [2.75, 3.05) is 19.8 Å². The molecule has 0 bridgehead atoms. The first kappa shape index (κ1) is 15.9. The van der Waals surface area contributed by atoms with Gasteiger partial charge >= 0.3 is 0 Å². The lowest BCUT2D eigenvalue weighted by atomic mass is 9.79. The Morgan fingerprint density at radius 1 is 1.44 bits per heavy atom. The number of rotatable bonds is 4. The topological polar surface area (TPSA) is 58.7 Å². The molecule has 3 N–H and O–H groups in total. The van der Waals surface area contributed by atoms with Crippen molar-refractivity contribution >= 4 is 0 Å². The molecule has 1 aliphatic rings. The number of nitrogens with zero attached hydrogens (tertiary/aromatic N) is 1. The lowest BCUT2D eigenvalue weighted by Gasteiger charge is -2.49. The van der Waals surface area contributed by atoms with Gasteiger partial charge in [0.1, 0.15) is 0 Å². The van der Waals surface area contributed by atoms with E-state index in [1.54, 1.807) is 0 Å². The smallest absolute Gasteiger partial charge is 0.0933 e. The van der Waals surface area contributed by atoms with Crippen LogP contribution in [0.15, 0.2) is 0 Å². The van der Waals surface area contributed by atoms with Crippen molar-refractivity contribution in [1.29, 1.82) is 0 Å². The van der Waals surface area contributed by atoms with Crippen LogP contribution in [-0.4, -0.2) is 54.0 Å². The van der Waals surface area contributed by atoms with Crippen LogP contribution in [0.2, 0.25) is 0 Å². The summed E-state index contributed by atoms with van der Waals surface area (Å²) in [6.07, 6.45) is 0.894. The number of hydrogen-bond acceptors (Lipinski definition) is 4. The van der Waals surface area contributed by atoms with Gasteiger partial charge in [-0.25, -0.2) is 0 Å². The number of aliphatic hydroxyl groups excluding tert-OH is 1. The molecule has 0 aromatic carbocycles. The van der Waals surface area contributed by atoms with E-state index in [1.807, 2.05) is 0 Å². The minimum Gasteiger partial charge on any atom is -0.394 e. The maximum atomic E-state index is 9.29. The van der Waals surface area contributed by atoms with Crippen LogP contribution in [0.4, 0.5) is 0 Å². The minimum atomic E-state index is -0.0740. The van der Waals surface area contributed by atoms with Crippen molar-refractivity contribution in [2.24, 2.45) is 11.1 Å². The van der Waals surface area contributed by atoms with Crippen molar-refractivity contribution in [3.63, 3.8) is 0 Å². The largest absolute Gasteiger partial charge is 0.394 e. The van der Waals surface area contributed by atoms with Crippen LogP contribution in [0.3, 0.4) is 0 Å². The van der Waals surface area contributed by atoms with Gasteiger partial charge in [0, 0.05) is 24.7 Å². The lowest BCUT2D eigenvalue weighted by Crippen LogP contribution is -2.62. The molecule has 0 radical (unpaired) electrons. The van der Waals surface area contributed by atoms with Crippen LogP contribution in [-0.2, 0) is 4.74 Å². The summed E-state index contributed by atoms with van der Waals surface area (Å²) in [5.74, 6) is 0. The summed E-state index contributed by atoms with van der Waals surface area (Å²) in [6, 6.07) is 0.829. The molecule has 4 atom stereocenters. The predicted octanol–water partition coefficient (Wildman–Crippen LogP) is 1.22. The van der Waals surface area contributed by atoms with Gasteiger partial charge in [0.15, 0.2) is 0 Å². The van der Waals surface area contributed by atoms with Gasteiger partial charge < -0.3 is 15.6 Å². The van der Waals surface area contributed by atoms with E-state index in [4.69, 9.17) is 10.5 Å². The van der Waals surface area contributed by atoms with Crippen LogP contribution >= 0.6 is 0 Å². The van der Waals surface area contributed by atoms with Crippen molar-refractivity contribution in [1.82, 2.24) is 4.90 Å². The predicted molar refractivity (Wildman–Crippen MR) is 74.5 cm³/mol. The second-order valence-electron chi connectivity index (χ2n) is 6.57. The summed E-state index contributed by atoms with van der Waals surface area (Å²) in [7, 11) is 0. The third-order valence-electron chi connectivity index (χ3n) is 3.88. The van der Waals surface area contributed by atoms with Crippen molar-refractivity contribution in [3.05, 3.63) is 0 Å². The monoisotopic (exact) mass is 258 g/mol. The molecule has 0 saturated carbocycles. The quantitative estimate of drug-likeness (QED) is 0.796. The van der Waals surface area contributed by atoms with Gasteiger partial charge in [-0.3, -0.25) is 4.90 Å². The fourth-order valence-electron chi connectivity index (χ4n) is 2.95. The van der Waals surface area contributed by atoms with E-state index in [1.165, 1.54) is 0 Å². The van der Waals surface area contributed by atoms with Crippen LogP contribution in [0.1, 0.15) is 41.0 Å². The Bertz CT molecular complexity index is 253. The number of aliphatic hydroxyl groups is 1. The highest BCUT2D eigenvalue weighted by molar-refractivity contribution is 4.94. The molecule has 1 rings (SSSR count). The second kappa shape index (κ2) is 6.33. The lowest BCUT2D eigenvalue weighted by molar-refractivity contribution is -0.109. The first-order valence-corrected chi connectivity index (χ1v) is 7.05. The molecule has 0 aromatic rings. The second-order valence-corrected chi connectivity index (χ2v) is 6.57. The summed E-state index contributed by atoms with van der Waals surface area (Å²) in [4.78, 5) is 2.43. The van der Waals surface area contributed by atoms with Gasteiger partial charge in [0.2, 0.25) is 0 Å². The Balaban J connectivity index is 2.89. The zero-order valence-electron chi connectivity index (χ0n) is 12.5. The van der Waals surface area contributed by atoms with Crippen LogP contribution in [0.25, 0.3) is 0 Å². The number of hydrogen-bond donors (Lipinski definition) is 2. The first-order chi connectivity index (χ1) is 8.31. The van der Waals surface area contributed by atoms with E-state index < -0.39 is 0 Å². The summed E-state index contributed by atoms with van der Waals surface area (Å²) in [6.45, 7) is 12.6. The normalized spacial score (nSPS) is 30.2. The highest BCUT2D eigenvalue weighted by Gasteiger charge is 2.39. The summed E-state index contributed by atoms with van der Waals surface area (Å²) < 4.78 is 5.61. The average Bonchev–Trinajstić information content (AvgIpc) is 2.30. The number of ether oxygens (including phenoxy) is 1. The third-order valence-corrected chi connectivity index (χ3v) is 3.88. The molecule has 108 valence electrons. The van der Waals surface area contributed by atoms with E-state index in [-0.39, 0.29) is 24.2 Å². The van der Waals surface area contributed by atoms with E-state index in [2.05, 4.69) is 39.5 Å². The van der Waals surface area contributed by atoms with Crippen molar-refractivity contribution in [3.8, 4) is 0 Å². The van der Waals surface area contributed by atoms with Gasteiger partial charge in [-0.1, -0.05) is 27.7 Å². The minimum absolute atomic E-state index is 0.0740. The molecule has 1 heterocycles. The molecule has 0 aliphatic carbocycles. The van der Waals surface area contributed by atoms with Gasteiger partial charge in [0.25, 0.3) is 0 Å². The molecule has 18 heavy (non-hydrogen) atoms. The Morgan fingerprint density at radius 3 is 2.50 bits per heavy atom. The van der Waals surface area contributed by atoms with Crippen LogP contribution in [0, 0.1) is 5.41 Å². The zero-order chi connectivity index (χ0) is 13.9. The van der Waals surface area contributed by atoms with Gasteiger partial charge in [-0.05, 0) is 18.8 Å². The van der Waals surface area contributed by atoms with Crippen molar-refractivity contribution < 1.29 is 9.84 Å². The Labute approximate surface area is 111 Å². The Morgan fingerprint density at radius 2 is 2.06 bits per heavy atom. The van der Waals surface area contributed by atoms with E-state index >= 15 is 0 Å². The molecule has 1 aliphatic heterocycles. The molecule has 0 spiro atoms. The number of morpholine rings is 1. The van der Waals surface area contributed by atoms with Gasteiger partial charge in [-0.15, -0.1) is 0 Å². The fraction of sp³-hybridized carbons (Fsp3) is 1.00. The van der Waals surface area contributed by atoms with Crippen molar-refractivity contribution in [2.45, 2.75) is 65.3 Å². The Hall–Kier alpha value is -0.160. The molecule has 0 aromatic heterocycles. The highest BCUT2D eigenvalue weighted by atomic mass is 16.5. The number of nitrogens with two attached hydrogens (primary N) is 1. The molecule has 0 amide bonds. The van der Waals surface area contributed by atoms with Gasteiger partial charge in [0.05, 0.1) is 19.3 Å².